The summed E-state index contributed by atoms with van der Waals surface area (Å²) in [6, 6.07) is 0. The molecule has 6 heteroatoms. The van der Waals surface area contributed by atoms with Crippen LogP contribution in [0.5, 0.6) is 0 Å². The van der Waals surface area contributed by atoms with E-state index >= 15 is 0 Å². The summed E-state index contributed by atoms with van der Waals surface area (Å²) in [7, 11) is 0. The topological polar surface area (TPSA) is 89.9 Å². The minimum Gasteiger partial charge on any atom is -0.360 e. The van der Waals surface area contributed by atoms with Crippen LogP contribution in [0.15, 0.2) is 45.6 Å². The van der Waals surface area contributed by atoms with Gasteiger partial charge in [-0.1, -0.05) is 43.6 Å². The van der Waals surface area contributed by atoms with E-state index in [0.717, 1.165) is 27.9 Å². The maximum absolute atomic E-state index is 14.6. The number of hydrogen-bond acceptors (Lipinski definition) is 6. The molecule has 7 atom stereocenters. The molecule has 1 spiro atoms. The number of carbonyl (C=O) groups excluding carboxylic acids is 3. The zero-order chi connectivity index (χ0) is 26.4. The van der Waals surface area contributed by atoms with Crippen LogP contribution in [-0.2, 0) is 24.2 Å². The Hall–Kier alpha value is -2.15. The summed E-state index contributed by atoms with van der Waals surface area (Å²) in [6.07, 6.45) is 4.68. The van der Waals surface area contributed by atoms with Crippen molar-refractivity contribution >= 4 is 17.3 Å². The molecule has 1 saturated heterocycles. The van der Waals surface area contributed by atoms with Crippen molar-refractivity contribution < 1.29 is 29.3 Å². The van der Waals surface area contributed by atoms with Gasteiger partial charge in [-0.3, -0.25) is 14.4 Å². The summed E-state index contributed by atoms with van der Waals surface area (Å²) >= 11 is 0. The molecule has 2 bridgehead atoms. The molecule has 6 aliphatic rings. The van der Waals surface area contributed by atoms with Gasteiger partial charge in [-0.15, -0.1) is 0 Å². The largest absolute Gasteiger partial charge is 0.360 e. The van der Waals surface area contributed by atoms with E-state index in [4.69, 9.17) is 9.78 Å². The van der Waals surface area contributed by atoms with Crippen LogP contribution in [0.4, 0.5) is 0 Å². The lowest BCUT2D eigenvalue weighted by Gasteiger charge is -2.52. The third-order valence-corrected chi connectivity index (χ3v) is 10.9. The fraction of sp³-hybridized carbons (Fsp3) is 0.633. The van der Waals surface area contributed by atoms with Gasteiger partial charge >= 0.3 is 0 Å². The summed E-state index contributed by atoms with van der Waals surface area (Å²) in [4.78, 5) is 53.0. The number of aliphatic hydroxyl groups is 1. The van der Waals surface area contributed by atoms with Crippen LogP contribution in [0, 0.1) is 34.0 Å². The summed E-state index contributed by atoms with van der Waals surface area (Å²) in [5.41, 5.74) is 1.28. The second-order valence-corrected chi connectivity index (χ2v) is 13.2. The number of ketones is 3. The van der Waals surface area contributed by atoms with Crippen LogP contribution in [-0.4, -0.2) is 33.8 Å². The summed E-state index contributed by atoms with van der Waals surface area (Å²) in [5, 5.41) is 11.5. The molecule has 6 rings (SSSR count). The second kappa shape index (κ2) is 6.64. The average Bonchev–Trinajstić information content (AvgIpc) is 3.22. The van der Waals surface area contributed by atoms with Gasteiger partial charge in [0.2, 0.25) is 5.79 Å². The SMILES string of the molecule is CC(C)=C1C[C@@]23C(=CC(=O)[C@]2(C)[C@@]2(C)C(=O)[C@@H]3C3=C2C=C2C(C)(C)OO[C@@]2(O)C[C@H]3C)[C@H](C)CC1=O. The molecular formula is C30H36O6. The minimum absolute atomic E-state index is 0.0274. The number of hydrogen-bond donors (Lipinski definition) is 1. The molecule has 0 aromatic rings. The molecule has 2 saturated carbocycles. The van der Waals surface area contributed by atoms with Gasteiger partial charge in [0.05, 0.1) is 16.7 Å². The van der Waals surface area contributed by atoms with Gasteiger partial charge in [0.25, 0.3) is 0 Å². The molecule has 6 nitrogen and oxygen atoms in total. The van der Waals surface area contributed by atoms with Crippen LogP contribution in [0.2, 0.25) is 0 Å². The maximum atomic E-state index is 14.6. The highest BCUT2D eigenvalue weighted by Gasteiger charge is 2.83. The van der Waals surface area contributed by atoms with Crippen LogP contribution >= 0.6 is 0 Å². The number of Topliss-reactive ketones (excluding diaryl/α,β-unsaturated/α-hetero) is 2. The van der Waals surface area contributed by atoms with E-state index in [2.05, 4.69) is 0 Å². The van der Waals surface area contributed by atoms with Gasteiger partial charge in [0.15, 0.2) is 17.3 Å². The fourth-order valence-corrected chi connectivity index (χ4v) is 9.00. The van der Waals surface area contributed by atoms with Crippen molar-refractivity contribution in [2.24, 2.45) is 34.0 Å². The van der Waals surface area contributed by atoms with E-state index in [1.807, 2.05) is 61.5 Å². The van der Waals surface area contributed by atoms with E-state index in [0.29, 0.717) is 18.4 Å². The van der Waals surface area contributed by atoms with Crippen LogP contribution in [0.25, 0.3) is 0 Å². The van der Waals surface area contributed by atoms with E-state index in [-0.39, 0.29) is 35.6 Å². The highest BCUT2D eigenvalue weighted by atomic mass is 17.2. The zero-order valence-electron chi connectivity index (χ0n) is 22.5. The highest BCUT2D eigenvalue weighted by molar-refractivity contribution is 6.15. The molecule has 36 heavy (non-hydrogen) atoms. The normalized spacial score (nSPS) is 46.6. The van der Waals surface area contributed by atoms with Gasteiger partial charge in [-0.2, -0.15) is 4.89 Å². The number of carbonyl (C=O) groups is 3. The Labute approximate surface area is 212 Å². The summed E-state index contributed by atoms with van der Waals surface area (Å²) in [5.74, 6) is -2.29. The zero-order valence-corrected chi connectivity index (χ0v) is 22.5. The van der Waals surface area contributed by atoms with E-state index in [1.165, 1.54) is 0 Å². The van der Waals surface area contributed by atoms with Crippen LogP contribution in [0.1, 0.15) is 74.7 Å². The van der Waals surface area contributed by atoms with Crippen LogP contribution in [0.3, 0.4) is 0 Å². The monoisotopic (exact) mass is 492 g/mol. The first kappa shape index (κ1) is 24.2. The Morgan fingerprint density at radius 3 is 2.31 bits per heavy atom. The fourth-order valence-electron chi connectivity index (χ4n) is 9.00. The number of rotatable bonds is 0. The van der Waals surface area contributed by atoms with Gasteiger partial charge < -0.3 is 5.11 Å². The summed E-state index contributed by atoms with van der Waals surface area (Å²) < 4.78 is 0. The first-order valence-electron chi connectivity index (χ1n) is 13.1. The van der Waals surface area contributed by atoms with Crippen molar-refractivity contribution in [1.29, 1.82) is 0 Å². The maximum Gasteiger partial charge on any atom is 0.225 e. The molecule has 0 aromatic heterocycles. The first-order valence-corrected chi connectivity index (χ1v) is 13.1. The third kappa shape index (κ3) is 2.30. The lowest BCUT2D eigenvalue weighted by Crippen LogP contribution is -2.52. The first-order chi connectivity index (χ1) is 16.6. The number of fused-ring (bicyclic) bond motifs is 6. The summed E-state index contributed by atoms with van der Waals surface area (Å²) in [6.45, 7) is 15.5. The van der Waals surface area contributed by atoms with Crippen molar-refractivity contribution in [3.8, 4) is 0 Å². The molecule has 0 amide bonds. The molecule has 1 aliphatic heterocycles. The van der Waals surface area contributed by atoms with E-state index < -0.39 is 33.6 Å². The standard InChI is InChI=1S/C30H36O6/c1-14(2)17-13-29-18(15(3)9-20(17)31)11-22(32)28(29,8)27(7)19-10-21-26(5,6)35-36-30(21,34)12-16(4)23(19)24(29)25(27)33/h10-11,15-16,24,34H,9,12-13H2,1-8H3/t15-,16-,24+,27-,28-,29+,30+/m1/s1. The Morgan fingerprint density at radius 1 is 1.00 bits per heavy atom. The molecule has 3 fully saturated rings. The van der Waals surface area contributed by atoms with Crippen molar-refractivity contribution in [3.05, 3.63) is 45.6 Å². The number of allylic oxidation sites excluding steroid dienone is 7. The molecular weight excluding hydrogens is 456 g/mol. The molecule has 1 N–H and O–H groups in total. The van der Waals surface area contributed by atoms with Gasteiger partial charge in [-0.25, -0.2) is 4.89 Å². The van der Waals surface area contributed by atoms with Crippen LogP contribution < -0.4 is 0 Å². The Kier molecular flexibility index (Phi) is 4.46. The predicted molar refractivity (Wildman–Crippen MR) is 132 cm³/mol. The molecule has 0 unspecified atom stereocenters. The van der Waals surface area contributed by atoms with Gasteiger partial charge in [0, 0.05) is 23.8 Å². The molecule has 192 valence electrons. The van der Waals surface area contributed by atoms with Gasteiger partial charge in [0.1, 0.15) is 5.60 Å². The van der Waals surface area contributed by atoms with E-state index in [1.54, 1.807) is 6.08 Å². The smallest absolute Gasteiger partial charge is 0.225 e. The minimum atomic E-state index is -1.60. The second-order valence-electron chi connectivity index (χ2n) is 13.2. The molecule has 1 heterocycles. The molecule has 0 radical (unpaired) electrons. The lowest BCUT2D eigenvalue weighted by molar-refractivity contribution is -0.390. The Morgan fingerprint density at radius 2 is 1.67 bits per heavy atom. The van der Waals surface area contributed by atoms with Gasteiger partial charge in [-0.05, 0) is 70.1 Å². The quantitative estimate of drug-likeness (QED) is 0.388. The van der Waals surface area contributed by atoms with Crippen molar-refractivity contribution in [3.63, 3.8) is 0 Å². The predicted octanol–water partition coefficient (Wildman–Crippen LogP) is 4.73. The Bertz CT molecular complexity index is 1300. The van der Waals surface area contributed by atoms with Crippen molar-refractivity contribution in [2.45, 2.75) is 86.0 Å². The highest BCUT2D eigenvalue weighted by Crippen LogP contribution is 2.81. The Balaban J connectivity index is 1.69. The lowest BCUT2D eigenvalue weighted by atomic mass is 9.47. The third-order valence-electron chi connectivity index (χ3n) is 10.9. The van der Waals surface area contributed by atoms with Crippen molar-refractivity contribution in [1.82, 2.24) is 0 Å². The molecule has 5 aliphatic carbocycles. The average molecular weight is 493 g/mol. The molecule has 0 aromatic carbocycles. The van der Waals surface area contributed by atoms with E-state index in [9.17, 15) is 19.5 Å². The van der Waals surface area contributed by atoms with Crippen molar-refractivity contribution in [2.75, 3.05) is 0 Å².